The molecule has 3 nitrogen and oxygen atoms in total. The normalized spacial score (nSPS) is 11.7. The molecular weight excluding hydrogens is 296 g/mol. The lowest BCUT2D eigenvalue weighted by atomic mass is 10.0. The quantitative estimate of drug-likeness (QED) is 0.484. The van der Waals surface area contributed by atoms with Gasteiger partial charge in [-0.2, -0.15) is 0 Å². The molecule has 3 heteroatoms. The fourth-order valence-corrected chi connectivity index (χ4v) is 3.02. The predicted molar refractivity (Wildman–Crippen MR) is 98.2 cm³/mol. The zero-order valence-electron chi connectivity index (χ0n) is 14.2. The van der Waals surface area contributed by atoms with Gasteiger partial charge in [0.2, 0.25) is 5.71 Å². The van der Waals surface area contributed by atoms with E-state index in [1.165, 1.54) is 5.56 Å². The van der Waals surface area contributed by atoms with Gasteiger partial charge in [-0.3, -0.25) is 4.98 Å². The van der Waals surface area contributed by atoms with Crippen LogP contribution in [0.3, 0.4) is 0 Å². The number of pyridine rings is 2. The molecule has 24 heavy (non-hydrogen) atoms. The summed E-state index contributed by atoms with van der Waals surface area (Å²) in [5, 5.41) is 2.15. The highest BCUT2D eigenvalue weighted by atomic mass is 16.3. The van der Waals surface area contributed by atoms with Gasteiger partial charge in [-0.1, -0.05) is 39.0 Å². The molecule has 4 rings (SSSR count). The van der Waals surface area contributed by atoms with Crippen molar-refractivity contribution in [3.05, 3.63) is 59.9 Å². The molecule has 0 aliphatic carbocycles. The minimum Gasteiger partial charge on any atom is -0.437 e. The van der Waals surface area contributed by atoms with Crippen LogP contribution >= 0.6 is 0 Å². The van der Waals surface area contributed by atoms with E-state index in [0.29, 0.717) is 11.6 Å². The fourth-order valence-electron chi connectivity index (χ4n) is 3.02. The molecule has 0 unspecified atom stereocenters. The highest BCUT2D eigenvalue weighted by Crippen LogP contribution is 2.34. The topological polar surface area (TPSA) is 38.9 Å². The van der Waals surface area contributed by atoms with Gasteiger partial charge in [-0.05, 0) is 42.2 Å². The Morgan fingerprint density at radius 1 is 1.00 bits per heavy atom. The number of fused-ring (bicyclic) bond motifs is 3. The van der Waals surface area contributed by atoms with E-state index in [0.717, 1.165) is 39.7 Å². The molecule has 1 aromatic carbocycles. The molecule has 4 aromatic rings. The predicted octanol–water partition coefficient (Wildman–Crippen LogP) is 5.73. The van der Waals surface area contributed by atoms with Crippen molar-refractivity contribution in [2.24, 2.45) is 0 Å². The smallest absolute Gasteiger partial charge is 0.227 e. The molecule has 0 fully saturated rings. The highest BCUT2D eigenvalue weighted by Gasteiger charge is 2.14. The number of para-hydroxylation sites is 1. The lowest BCUT2D eigenvalue weighted by Gasteiger charge is -2.06. The first-order valence-electron chi connectivity index (χ1n) is 8.45. The van der Waals surface area contributed by atoms with E-state index in [2.05, 4.69) is 73.2 Å². The Hall–Kier alpha value is -2.68. The van der Waals surface area contributed by atoms with Crippen molar-refractivity contribution >= 4 is 22.1 Å². The summed E-state index contributed by atoms with van der Waals surface area (Å²) in [6.07, 6.45) is 2.85. The maximum atomic E-state index is 6.11. The maximum absolute atomic E-state index is 6.11. The van der Waals surface area contributed by atoms with E-state index >= 15 is 0 Å². The van der Waals surface area contributed by atoms with Gasteiger partial charge in [0, 0.05) is 28.2 Å². The Kier molecular flexibility index (Phi) is 3.57. The van der Waals surface area contributed by atoms with Crippen LogP contribution in [0, 0.1) is 0 Å². The van der Waals surface area contributed by atoms with Crippen LogP contribution in [0.25, 0.3) is 33.3 Å². The summed E-state index contributed by atoms with van der Waals surface area (Å²) >= 11 is 0. The summed E-state index contributed by atoms with van der Waals surface area (Å²) in [7, 11) is 0. The first-order chi connectivity index (χ1) is 11.7. The first kappa shape index (κ1) is 14.9. The summed E-state index contributed by atoms with van der Waals surface area (Å²) in [6.45, 7) is 6.45. The molecule has 3 heterocycles. The van der Waals surface area contributed by atoms with Crippen LogP contribution in [0.5, 0.6) is 0 Å². The molecule has 0 amide bonds. The third-order valence-corrected chi connectivity index (χ3v) is 4.51. The van der Waals surface area contributed by atoms with Crippen molar-refractivity contribution in [1.29, 1.82) is 0 Å². The second-order valence-corrected chi connectivity index (χ2v) is 6.42. The van der Waals surface area contributed by atoms with Crippen LogP contribution in [0.4, 0.5) is 0 Å². The summed E-state index contributed by atoms with van der Waals surface area (Å²) in [5.74, 6) is 0.477. The van der Waals surface area contributed by atoms with Crippen LogP contribution in [0.15, 0.2) is 53.1 Å². The van der Waals surface area contributed by atoms with Crippen molar-refractivity contribution in [2.75, 3.05) is 0 Å². The van der Waals surface area contributed by atoms with Gasteiger partial charge in [0.05, 0.1) is 5.69 Å². The second-order valence-electron chi connectivity index (χ2n) is 6.42. The maximum Gasteiger partial charge on any atom is 0.227 e. The molecule has 0 aliphatic rings. The Morgan fingerprint density at radius 3 is 2.58 bits per heavy atom. The van der Waals surface area contributed by atoms with Crippen LogP contribution in [-0.2, 0) is 6.42 Å². The van der Waals surface area contributed by atoms with E-state index in [9.17, 15) is 0 Å². The second kappa shape index (κ2) is 5.75. The molecule has 120 valence electrons. The summed E-state index contributed by atoms with van der Waals surface area (Å²) in [6, 6.07) is 14.6. The third kappa shape index (κ3) is 2.37. The molecule has 0 spiro atoms. The van der Waals surface area contributed by atoms with E-state index in [1.54, 1.807) is 0 Å². The molecular formula is C21H20N2O. The number of hydrogen-bond acceptors (Lipinski definition) is 3. The van der Waals surface area contributed by atoms with Crippen LogP contribution in [-0.4, -0.2) is 9.97 Å². The Balaban J connectivity index is 1.92. The summed E-state index contributed by atoms with van der Waals surface area (Å²) < 4.78 is 6.11. The molecule has 0 N–H and O–H groups in total. The van der Waals surface area contributed by atoms with Crippen molar-refractivity contribution < 1.29 is 4.42 Å². The number of rotatable bonds is 3. The van der Waals surface area contributed by atoms with Crippen LogP contribution in [0.2, 0.25) is 0 Å². The number of nitrogens with zero attached hydrogens (tertiary/aromatic N) is 2. The van der Waals surface area contributed by atoms with Gasteiger partial charge in [0.15, 0.2) is 0 Å². The lowest BCUT2D eigenvalue weighted by Crippen LogP contribution is -1.90. The Labute approximate surface area is 141 Å². The van der Waals surface area contributed by atoms with E-state index in [4.69, 9.17) is 4.42 Å². The SMILES string of the molecule is CCc1ccc2c(n1)oc1c(-c3ccc(C(C)C)cn3)cccc12. The minimum absolute atomic E-state index is 0.477. The third-order valence-electron chi connectivity index (χ3n) is 4.51. The van der Waals surface area contributed by atoms with Gasteiger partial charge < -0.3 is 4.42 Å². The van der Waals surface area contributed by atoms with Crippen LogP contribution in [0.1, 0.15) is 37.9 Å². The van der Waals surface area contributed by atoms with Crippen molar-refractivity contribution in [1.82, 2.24) is 9.97 Å². The van der Waals surface area contributed by atoms with E-state index in [-0.39, 0.29) is 0 Å². The van der Waals surface area contributed by atoms with Crippen molar-refractivity contribution in [3.8, 4) is 11.3 Å². The number of benzene rings is 1. The van der Waals surface area contributed by atoms with Crippen molar-refractivity contribution in [3.63, 3.8) is 0 Å². The zero-order valence-corrected chi connectivity index (χ0v) is 14.2. The number of hydrogen-bond donors (Lipinski definition) is 0. The molecule has 0 atom stereocenters. The lowest BCUT2D eigenvalue weighted by molar-refractivity contribution is 0.652. The van der Waals surface area contributed by atoms with Gasteiger partial charge in [0.1, 0.15) is 5.58 Å². The molecule has 0 saturated heterocycles. The highest BCUT2D eigenvalue weighted by molar-refractivity contribution is 6.08. The number of aryl methyl sites for hydroxylation is 1. The fraction of sp³-hybridized carbons (Fsp3) is 0.238. The Morgan fingerprint density at radius 2 is 1.88 bits per heavy atom. The molecule has 0 saturated carbocycles. The zero-order chi connectivity index (χ0) is 16.7. The Bertz CT molecular complexity index is 1010. The molecule has 0 bridgehead atoms. The summed E-state index contributed by atoms with van der Waals surface area (Å²) in [5.41, 5.74) is 5.79. The number of aromatic nitrogens is 2. The van der Waals surface area contributed by atoms with E-state index < -0.39 is 0 Å². The van der Waals surface area contributed by atoms with Gasteiger partial charge in [0.25, 0.3) is 0 Å². The largest absolute Gasteiger partial charge is 0.437 e. The minimum atomic E-state index is 0.477. The van der Waals surface area contributed by atoms with Crippen LogP contribution < -0.4 is 0 Å². The van der Waals surface area contributed by atoms with Gasteiger partial charge in [-0.25, -0.2) is 4.98 Å². The standard InChI is InChI=1S/C21H20N2O/c1-4-15-9-10-17-16-6-5-7-18(20(16)24-21(17)23-15)19-11-8-14(12-22-19)13(2)3/h5-13H,4H2,1-3H3. The monoisotopic (exact) mass is 316 g/mol. The average molecular weight is 316 g/mol. The molecule has 0 aliphatic heterocycles. The summed E-state index contributed by atoms with van der Waals surface area (Å²) in [4.78, 5) is 9.26. The van der Waals surface area contributed by atoms with Gasteiger partial charge in [-0.15, -0.1) is 0 Å². The molecule has 0 radical (unpaired) electrons. The van der Waals surface area contributed by atoms with Gasteiger partial charge >= 0.3 is 0 Å². The number of furan rings is 1. The molecule has 3 aromatic heterocycles. The van der Waals surface area contributed by atoms with Crippen molar-refractivity contribution in [2.45, 2.75) is 33.1 Å². The first-order valence-corrected chi connectivity index (χ1v) is 8.45. The average Bonchev–Trinajstić information content (AvgIpc) is 2.99. The van der Waals surface area contributed by atoms with E-state index in [1.807, 2.05) is 6.20 Å².